The SMILES string of the molecule is CCc1ccc(C(=O)N(C)c2ccc(O)cc2)cc1. The third-order valence-corrected chi connectivity index (χ3v) is 3.15. The predicted molar refractivity (Wildman–Crippen MR) is 76.7 cm³/mol. The number of aromatic hydroxyl groups is 1. The number of hydrogen-bond acceptors (Lipinski definition) is 2. The van der Waals surface area contributed by atoms with Gasteiger partial charge in [0.25, 0.3) is 5.91 Å². The van der Waals surface area contributed by atoms with Crippen LogP contribution in [0.15, 0.2) is 48.5 Å². The fourth-order valence-electron chi connectivity index (χ4n) is 1.87. The van der Waals surface area contributed by atoms with Gasteiger partial charge in [0.2, 0.25) is 0 Å². The molecular formula is C16H17NO2. The standard InChI is InChI=1S/C16H17NO2/c1-3-12-4-6-13(7-5-12)16(19)17(2)14-8-10-15(18)11-9-14/h4-11,18H,3H2,1-2H3. The molecule has 0 saturated carbocycles. The molecule has 0 bridgehead atoms. The number of phenolic OH excluding ortho intramolecular Hbond substituents is 1. The molecule has 0 aliphatic heterocycles. The number of hydrogen-bond donors (Lipinski definition) is 1. The number of aryl methyl sites for hydroxylation is 1. The lowest BCUT2D eigenvalue weighted by Crippen LogP contribution is -2.26. The summed E-state index contributed by atoms with van der Waals surface area (Å²) in [6.07, 6.45) is 0.961. The summed E-state index contributed by atoms with van der Waals surface area (Å²) in [7, 11) is 1.72. The molecule has 1 N–H and O–H groups in total. The van der Waals surface area contributed by atoms with Gasteiger partial charge in [-0.15, -0.1) is 0 Å². The predicted octanol–water partition coefficient (Wildman–Crippen LogP) is 3.23. The maximum atomic E-state index is 12.3. The fourth-order valence-corrected chi connectivity index (χ4v) is 1.87. The van der Waals surface area contributed by atoms with Gasteiger partial charge in [0, 0.05) is 18.3 Å². The van der Waals surface area contributed by atoms with Crippen LogP contribution in [-0.2, 0) is 6.42 Å². The number of anilines is 1. The zero-order chi connectivity index (χ0) is 13.8. The summed E-state index contributed by atoms with van der Waals surface area (Å²) in [4.78, 5) is 13.9. The molecule has 98 valence electrons. The molecule has 0 spiro atoms. The molecule has 0 fully saturated rings. The minimum absolute atomic E-state index is 0.0617. The highest BCUT2D eigenvalue weighted by Gasteiger charge is 2.13. The van der Waals surface area contributed by atoms with Gasteiger partial charge in [-0.3, -0.25) is 4.79 Å². The van der Waals surface area contributed by atoms with Crippen LogP contribution >= 0.6 is 0 Å². The highest BCUT2D eigenvalue weighted by molar-refractivity contribution is 6.05. The van der Waals surface area contributed by atoms with Crippen molar-refractivity contribution in [3.63, 3.8) is 0 Å². The fraction of sp³-hybridized carbons (Fsp3) is 0.188. The molecule has 0 aromatic heterocycles. The second kappa shape index (κ2) is 5.57. The molecule has 3 nitrogen and oxygen atoms in total. The summed E-state index contributed by atoms with van der Waals surface area (Å²) in [5.74, 6) is 0.130. The maximum Gasteiger partial charge on any atom is 0.258 e. The summed E-state index contributed by atoms with van der Waals surface area (Å²) < 4.78 is 0. The van der Waals surface area contributed by atoms with Crippen molar-refractivity contribution in [3.05, 3.63) is 59.7 Å². The average Bonchev–Trinajstić information content (AvgIpc) is 2.46. The summed E-state index contributed by atoms with van der Waals surface area (Å²) in [5, 5.41) is 9.25. The Bertz CT molecular complexity index is 558. The van der Waals surface area contributed by atoms with Crippen LogP contribution in [0.3, 0.4) is 0 Å². The van der Waals surface area contributed by atoms with Crippen LogP contribution in [0.5, 0.6) is 5.75 Å². The summed E-state index contributed by atoms with van der Waals surface area (Å²) in [6.45, 7) is 2.08. The molecule has 2 aromatic rings. The lowest BCUT2D eigenvalue weighted by molar-refractivity contribution is 0.0993. The van der Waals surface area contributed by atoms with Crippen LogP contribution in [0.4, 0.5) is 5.69 Å². The van der Waals surface area contributed by atoms with Crippen molar-refractivity contribution in [2.75, 3.05) is 11.9 Å². The van der Waals surface area contributed by atoms with Crippen molar-refractivity contribution in [1.29, 1.82) is 0 Å². The number of benzene rings is 2. The van der Waals surface area contributed by atoms with Crippen LogP contribution in [0.2, 0.25) is 0 Å². The van der Waals surface area contributed by atoms with E-state index in [1.165, 1.54) is 5.56 Å². The first-order valence-electron chi connectivity index (χ1n) is 6.28. The zero-order valence-corrected chi connectivity index (χ0v) is 11.1. The number of rotatable bonds is 3. The average molecular weight is 255 g/mol. The lowest BCUT2D eigenvalue weighted by Gasteiger charge is -2.17. The molecule has 3 heteroatoms. The smallest absolute Gasteiger partial charge is 0.258 e. The Balaban J connectivity index is 2.20. The van der Waals surface area contributed by atoms with Gasteiger partial charge in [-0.2, -0.15) is 0 Å². The van der Waals surface area contributed by atoms with E-state index in [1.54, 1.807) is 36.2 Å². The molecule has 0 atom stereocenters. The summed E-state index contributed by atoms with van der Waals surface area (Å²) in [6, 6.07) is 14.2. The Morgan fingerprint density at radius 2 is 1.63 bits per heavy atom. The Labute approximate surface area is 113 Å². The largest absolute Gasteiger partial charge is 0.508 e. The zero-order valence-electron chi connectivity index (χ0n) is 11.1. The van der Waals surface area contributed by atoms with Gasteiger partial charge in [0.1, 0.15) is 5.75 Å². The first-order chi connectivity index (χ1) is 9.11. The Hall–Kier alpha value is -2.29. The van der Waals surface area contributed by atoms with E-state index < -0.39 is 0 Å². The molecular weight excluding hydrogens is 238 g/mol. The topological polar surface area (TPSA) is 40.5 Å². The van der Waals surface area contributed by atoms with E-state index in [9.17, 15) is 9.90 Å². The van der Waals surface area contributed by atoms with Gasteiger partial charge < -0.3 is 10.0 Å². The van der Waals surface area contributed by atoms with Crippen molar-refractivity contribution >= 4 is 11.6 Å². The van der Waals surface area contributed by atoms with Crippen LogP contribution in [0.1, 0.15) is 22.8 Å². The van der Waals surface area contributed by atoms with Gasteiger partial charge >= 0.3 is 0 Å². The third-order valence-electron chi connectivity index (χ3n) is 3.15. The van der Waals surface area contributed by atoms with Crippen LogP contribution < -0.4 is 4.90 Å². The highest BCUT2D eigenvalue weighted by Crippen LogP contribution is 2.19. The van der Waals surface area contributed by atoms with Crippen molar-refractivity contribution in [2.24, 2.45) is 0 Å². The molecule has 1 amide bonds. The molecule has 0 saturated heterocycles. The van der Waals surface area contributed by atoms with E-state index in [-0.39, 0.29) is 11.7 Å². The molecule has 2 aromatic carbocycles. The van der Waals surface area contributed by atoms with Crippen molar-refractivity contribution in [2.45, 2.75) is 13.3 Å². The Morgan fingerprint density at radius 3 is 2.16 bits per heavy atom. The number of nitrogens with zero attached hydrogens (tertiary/aromatic N) is 1. The minimum atomic E-state index is -0.0617. The lowest BCUT2D eigenvalue weighted by atomic mass is 10.1. The van der Waals surface area contributed by atoms with E-state index in [2.05, 4.69) is 6.92 Å². The molecule has 0 heterocycles. The number of phenols is 1. The molecule has 19 heavy (non-hydrogen) atoms. The van der Waals surface area contributed by atoms with Crippen molar-refractivity contribution < 1.29 is 9.90 Å². The quantitative estimate of drug-likeness (QED) is 0.914. The van der Waals surface area contributed by atoms with Gasteiger partial charge in [-0.05, 0) is 48.4 Å². The van der Waals surface area contributed by atoms with Gasteiger partial charge in [-0.25, -0.2) is 0 Å². The number of amides is 1. The van der Waals surface area contributed by atoms with Gasteiger partial charge in [0.05, 0.1) is 0 Å². The van der Waals surface area contributed by atoms with E-state index in [0.29, 0.717) is 5.56 Å². The van der Waals surface area contributed by atoms with Crippen LogP contribution in [0, 0.1) is 0 Å². The maximum absolute atomic E-state index is 12.3. The highest BCUT2D eigenvalue weighted by atomic mass is 16.3. The summed E-state index contributed by atoms with van der Waals surface area (Å²) >= 11 is 0. The molecule has 2 rings (SSSR count). The Kier molecular flexibility index (Phi) is 3.85. The monoisotopic (exact) mass is 255 g/mol. The van der Waals surface area contributed by atoms with E-state index in [1.807, 2.05) is 24.3 Å². The van der Waals surface area contributed by atoms with E-state index in [4.69, 9.17) is 0 Å². The van der Waals surface area contributed by atoms with Gasteiger partial charge in [0.15, 0.2) is 0 Å². The van der Waals surface area contributed by atoms with Crippen molar-refractivity contribution in [1.82, 2.24) is 0 Å². The Morgan fingerprint density at radius 1 is 1.05 bits per heavy atom. The molecule has 0 unspecified atom stereocenters. The van der Waals surface area contributed by atoms with Crippen LogP contribution in [0.25, 0.3) is 0 Å². The second-order valence-electron chi connectivity index (χ2n) is 4.43. The number of carbonyl (C=O) groups excluding carboxylic acids is 1. The molecule has 0 radical (unpaired) electrons. The second-order valence-corrected chi connectivity index (χ2v) is 4.43. The normalized spacial score (nSPS) is 10.2. The summed E-state index contributed by atoms with van der Waals surface area (Å²) in [5.41, 5.74) is 2.62. The minimum Gasteiger partial charge on any atom is -0.508 e. The van der Waals surface area contributed by atoms with Crippen molar-refractivity contribution in [3.8, 4) is 5.75 Å². The van der Waals surface area contributed by atoms with Crippen LogP contribution in [-0.4, -0.2) is 18.1 Å². The van der Waals surface area contributed by atoms with E-state index >= 15 is 0 Å². The molecule has 0 aliphatic carbocycles. The first-order valence-corrected chi connectivity index (χ1v) is 6.28. The van der Waals surface area contributed by atoms with Gasteiger partial charge in [-0.1, -0.05) is 19.1 Å². The number of carbonyl (C=O) groups is 1. The van der Waals surface area contributed by atoms with E-state index in [0.717, 1.165) is 12.1 Å². The third kappa shape index (κ3) is 2.94. The first kappa shape index (κ1) is 13.1. The molecule has 0 aliphatic rings.